The molecule has 1 heterocycles. The van der Waals surface area contributed by atoms with Crippen molar-refractivity contribution in [1.82, 2.24) is 9.78 Å². The molecule has 6 heteroatoms. The Labute approximate surface area is 172 Å². The Bertz CT molecular complexity index is 1270. The third-order valence-electron chi connectivity index (χ3n) is 4.59. The summed E-state index contributed by atoms with van der Waals surface area (Å²) in [5, 5.41) is 7.47. The van der Waals surface area contributed by atoms with Crippen LogP contribution in [-0.4, -0.2) is 15.6 Å². The van der Waals surface area contributed by atoms with Crippen LogP contribution in [0.25, 0.3) is 16.9 Å². The highest BCUT2D eigenvalue weighted by atomic mass is 19.1. The van der Waals surface area contributed by atoms with E-state index in [1.807, 2.05) is 36.4 Å². The Morgan fingerprint density at radius 2 is 1.60 bits per heavy atom. The van der Waals surface area contributed by atoms with Gasteiger partial charge < -0.3 is 5.32 Å². The van der Waals surface area contributed by atoms with Crippen molar-refractivity contribution in [3.63, 3.8) is 0 Å². The van der Waals surface area contributed by atoms with Gasteiger partial charge in [-0.3, -0.25) is 9.59 Å². The van der Waals surface area contributed by atoms with E-state index in [2.05, 4.69) is 10.4 Å². The standard InChI is InChI=1S/C24H18FN3O2/c1-16(29)21-22(17-9-4-2-5-10-17)27-28(20-13-6-3-7-14-20)24(30)23(21)26-19-12-8-11-18(25)15-19/h2-15,26H,1H3. The lowest BCUT2D eigenvalue weighted by Crippen LogP contribution is -2.27. The number of ketones is 1. The summed E-state index contributed by atoms with van der Waals surface area (Å²) in [6.07, 6.45) is 0. The number of Topliss-reactive ketones (excluding diaryl/α,β-unsaturated/α-hetero) is 1. The van der Waals surface area contributed by atoms with Crippen LogP contribution in [-0.2, 0) is 0 Å². The normalized spacial score (nSPS) is 10.6. The number of aromatic nitrogens is 2. The Morgan fingerprint density at radius 3 is 2.23 bits per heavy atom. The number of nitrogens with zero attached hydrogens (tertiary/aromatic N) is 2. The third kappa shape index (κ3) is 3.75. The van der Waals surface area contributed by atoms with Crippen molar-refractivity contribution >= 4 is 17.2 Å². The third-order valence-corrected chi connectivity index (χ3v) is 4.59. The van der Waals surface area contributed by atoms with Crippen molar-refractivity contribution in [2.45, 2.75) is 6.92 Å². The first kappa shape index (κ1) is 19.3. The summed E-state index contributed by atoms with van der Waals surface area (Å²) in [6.45, 7) is 1.38. The molecule has 0 atom stereocenters. The van der Waals surface area contributed by atoms with Crippen LogP contribution in [0.2, 0.25) is 0 Å². The van der Waals surface area contributed by atoms with Crippen LogP contribution in [0.3, 0.4) is 0 Å². The summed E-state index contributed by atoms with van der Waals surface area (Å²) >= 11 is 0. The van der Waals surface area contributed by atoms with Gasteiger partial charge in [0.25, 0.3) is 5.56 Å². The molecule has 0 amide bonds. The van der Waals surface area contributed by atoms with Crippen LogP contribution in [0.1, 0.15) is 17.3 Å². The molecule has 4 aromatic rings. The Hall–Kier alpha value is -4.06. The fourth-order valence-electron chi connectivity index (χ4n) is 3.24. The number of halogens is 1. The Balaban J connectivity index is 2.03. The Morgan fingerprint density at radius 1 is 0.933 bits per heavy atom. The van der Waals surface area contributed by atoms with Crippen molar-refractivity contribution in [3.8, 4) is 16.9 Å². The molecule has 1 N–H and O–H groups in total. The molecule has 30 heavy (non-hydrogen) atoms. The van der Waals surface area contributed by atoms with E-state index in [0.29, 0.717) is 22.6 Å². The topological polar surface area (TPSA) is 64.0 Å². The van der Waals surface area contributed by atoms with Gasteiger partial charge >= 0.3 is 0 Å². The largest absolute Gasteiger partial charge is 0.350 e. The summed E-state index contributed by atoms with van der Waals surface area (Å²) in [7, 11) is 0. The van der Waals surface area contributed by atoms with E-state index in [-0.39, 0.29) is 17.0 Å². The van der Waals surface area contributed by atoms with Gasteiger partial charge in [-0.25, -0.2) is 4.39 Å². The SMILES string of the molecule is CC(=O)c1c(-c2ccccc2)nn(-c2ccccc2)c(=O)c1Nc1cccc(F)c1. The minimum atomic E-state index is -0.504. The maximum Gasteiger partial charge on any atom is 0.295 e. The highest BCUT2D eigenvalue weighted by molar-refractivity contribution is 6.05. The predicted octanol–water partition coefficient (Wildman–Crippen LogP) is 4.98. The average Bonchev–Trinajstić information content (AvgIpc) is 2.76. The zero-order chi connectivity index (χ0) is 21.1. The second-order valence-electron chi connectivity index (χ2n) is 6.71. The molecule has 0 bridgehead atoms. The molecule has 0 unspecified atom stereocenters. The van der Waals surface area contributed by atoms with Gasteiger partial charge in [-0.15, -0.1) is 0 Å². The van der Waals surface area contributed by atoms with E-state index in [9.17, 15) is 14.0 Å². The lowest BCUT2D eigenvalue weighted by atomic mass is 10.0. The number of carbonyl (C=O) groups is 1. The molecular weight excluding hydrogens is 381 g/mol. The predicted molar refractivity (Wildman–Crippen MR) is 115 cm³/mol. The first-order valence-corrected chi connectivity index (χ1v) is 9.36. The summed E-state index contributed by atoms with van der Waals surface area (Å²) in [6, 6.07) is 23.8. The van der Waals surface area contributed by atoms with Crippen LogP contribution in [0.4, 0.5) is 15.8 Å². The monoisotopic (exact) mass is 399 g/mol. The number of benzene rings is 3. The van der Waals surface area contributed by atoms with Gasteiger partial charge in [-0.05, 0) is 37.3 Å². The first-order chi connectivity index (χ1) is 14.5. The molecule has 5 nitrogen and oxygen atoms in total. The molecule has 0 aliphatic carbocycles. The summed E-state index contributed by atoms with van der Waals surface area (Å²) in [5.74, 6) is -0.775. The van der Waals surface area contributed by atoms with Gasteiger partial charge in [-0.2, -0.15) is 9.78 Å². The molecule has 0 aliphatic heterocycles. The van der Waals surface area contributed by atoms with E-state index in [1.54, 1.807) is 30.3 Å². The van der Waals surface area contributed by atoms with Crippen LogP contribution in [0.15, 0.2) is 89.7 Å². The first-order valence-electron chi connectivity index (χ1n) is 9.36. The number of hydrogen-bond donors (Lipinski definition) is 1. The van der Waals surface area contributed by atoms with Crippen LogP contribution in [0.5, 0.6) is 0 Å². The van der Waals surface area contributed by atoms with Gasteiger partial charge in [0.15, 0.2) is 5.78 Å². The van der Waals surface area contributed by atoms with Crippen LogP contribution < -0.4 is 10.9 Å². The number of carbonyl (C=O) groups excluding carboxylic acids is 1. The van der Waals surface area contributed by atoms with Gasteiger partial charge in [-0.1, -0.05) is 54.6 Å². The van der Waals surface area contributed by atoms with Crippen molar-refractivity contribution in [2.75, 3.05) is 5.32 Å². The van der Waals surface area contributed by atoms with Gasteiger partial charge in [0, 0.05) is 11.3 Å². The maximum absolute atomic E-state index is 13.7. The molecule has 3 aromatic carbocycles. The van der Waals surface area contributed by atoms with Crippen molar-refractivity contribution < 1.29 is 9.18 Å². The number of para-hydroxylation sites is 1. The van der Waals surface area contributed by atoms with E-state index in [0.717, 1.165) is 0 Å². The Kier molecular flexibility index (Phi) is 5.22. The fourth-order valence-corrected chi connectivity index (χ4v) is 3.24. The van der Waals surface area contributed by atoms with E-state index in [1.165, 1.54) is 29.8 Å². The molecule has 4 rings (SSSR count). The van der Waals surface area contributed by atoms with Crippen molar-refractivity contribution in [1.29, 1.82) is 0 Å². The molecule has 1 aromatic heterocycles. The zero-order valence-corrected chi connectivity index (χ0v) is 16.2. The molecule has 0 aliphatic rings. The highest BCUT2D eigenvalue weighted by Gasteiger charge is 2.23. The smallest absolute Gasteiger partial charge is 0.295 e. The number of hydrogen-bond acceptors (Lipinski definition) is 4. The molecule has 148 valence electrons. The summed E-state index contributed by atoms with van der Waals surface area (Å²) in [5.41, 5.74) is 1.67. The summed E-state index contributed by atoms with van der Waals surface area (Å²) < 4.78 is 15.0. The van der Waals surface area contributed by atoms with Crippen LogP contribution >= 0.6 is 0 Å². The number of nitrogens with one attached hydrogen (secondary N) is 1. The summed E-state index contributed by atoms with van der Waals surface area (Å²) in [4.78, 5) is 26.0. The second-order valence-corrected chi connectivity index (χ2v) is 6.71. The quantitative estimate of drug-likeness (QED) is 0.481. The molecule has 0 radical (unpaired) electrons. The minimum absolute atomic E-state index is 0.0470. The molecule has 0 spiro atoms. The minimum Gasteiger partial charge on any atom is -0.350 e. The second kappa shape index (κ2) is 8.13. The van der Waals surface area contributed by atoms with Crippen LogP contribution in [0, 0.1) is 5.82 Å². The number of rotatable bonds is 5. The van der Waals surface area contributed by atoms with E-state index >= 15 is 0 Å². The van der Waals surface area contributed by atoms with Crippen molar-refractivity contribution in [3.05, 3.63) is 107 Å². The maximum atomic E-state index is 13.7. The lowest BCUT2D eigenvalue weighted by molar-refractivity contribution is 0.101. The molecule has 0 fully saturated rings. The molecule has 0 saturated heterocycles. The van der Waals surface area contributed by atoms with E-state index < -0.39 is 11.4 Å². The lowest BCUT2D eigenvalue weighted by Gasteiger charge is -2.17. The zero-order valence-electron chi connectivity index (χ0n) is 16.2. The fraction of sp³-hybridized carbons (Fsp3) is 0.0417. The highest BCUT2D eigenvalue weighted by Crippen LogP contribution is 2.28. The van der Waals surface area contributed by atoms with E-state index in [4.69, 9.17) is 0 Å². The average molecular weight is 399 g/mol. The molecular formula is C24H18FN3O2. The molecule has 0 saturated carbocycles. The van der Waals surface area contributed by atoms with Gasteiger partial charge in [0.05, 0.1) is 11.3 Å². The number of anilines is 2. The van der Waals surface area contributed by atoms with Crippen molar-refractivity contribution in [2.24, 2.45) is 0 Å². The van der Waals surface area contributed by atoms with Gasteiger partial charge in [0.2, 0.25) is 0 Å². The van der Waals surface area contributed by atoms with Gasteiger partial charge in [0.1, 0.15) is 17.2 Å².